The Morgan fingerprint density at radius 3 is 2.26 bits per heavy atom. The summed E-state index contributed by atoms with van der Waals surface area (Å²) in [6.45, 7) is 4.19. The van der Waals surface area contributed by atoms with E-state index in [0.717, 1.165) is 22.6 Å². The number of benzene rings is 1. The molecule has 0 radical (unpaired) electrons. The van der Waals surface area contributed by atoms with Crippen LogP contribution < -0.4 is 9.47 Å². The van der Waals surface area contributed by atoms with Gasteiger partial charge in [-0.05, 0) is 23.6 Å². The lowest BCUT2D eigenvalue weighted by Gasteiger charge is -2.17. The minimum absolute atomic E-state index is 0.258. The van der Waals surface area contributed by atoms with Gasteiger partial charge < -0.3 is 14.2 Å². The molecule has 6 heteroatoms. The van der Waals surface area contributed by atoms with Crippen molar-refractivity contribution in [3.8, 4) is 22.8 Å². The molecule has 6 nitrogen and oxygen atoms in total. The molecule has 124 valence electrons. The van der Waals surface area contributed by atoms with E-state index in [1.165, 1.54) is 7.11 Å². The molecular weight excluding hydrogens is 296 g/mol. The molecule has 1 aromatic heterocycles. The summed E-state index contributed by atoms with van der Waals surface area (Å²) in [5.74, 6) is 1.24. The molecule has 1 heterocycles. The summed E-state index contributed by atoms with van der Waals surface area (Å²) in [5.41, 5.74) is 2.94. The van der Waals surface area contributed by atoms with Crippen LogP contribution in [0.1, 0.15) is 35.8 Å². The lowest BCUT2D eigenvalue weighted by Crippen LogP contribution is -2.03. The van der Waals surface area contributed by atoms with Crippen molar-refractivity contribution < 1.29 is 19.0 Å². The Balaban J connectivity index is 2.65. The lowest BCUT2D eigenvalue weighted by molar-refractivity contribution is 0.0593. The molecule has 2 rings (SSSR count). The number of hydrogen-bond donors (Lipinski definition) is 0. The van der Waals surface area contributed by atoms with Gasteiger partial charge in [-0.3, -0.25) is 4.68 Å². The Hall–Kier alpha value is -2.50. The molecule has 0 aliphatic rings. The number of aryl methyl sites for hydroxylation is 1. The summed E-state index contributed by atoms with van der Waals surface area (Å²) in [5, 5.41) is 4.21. The van der Waals surface area contributed by atoms with Crippen molar-refractivity contribution in [1.82, 2.24) is 9.78 Å². The van der Waals surface area contributed by atoms with E-state index >= 15 is 0 Å². The predicted molar refractivity (Wildman–Crippen MR) is 87.2 cm³/mol. The number of ether oxygens (including phenoxy) is 3. The van der Waals surface area contributed by atoms with Crippen molar-refractivity contribution >= 4 is 5.97 Å². The van der Waals surface area contributed by atoms with Gasteiger partial charge in [0.15, 0.2) is 5.69 Å². The fraction of sp³-hybridized carbons (Fsp3) is 0.412. The van der Waals surface area contributed by atoms with Crippen LogP contribution >= 0.6 is 0 Å². The SMILES string of the molecule is COC(=O)c1cc(-c2cc(C(C)C)c(OC)cc2OC)n(C)n1. The Labute approximate surface area is 136 Å². The van der Waals surface area contributed by atoms with Crippen LogP contribution in [0.2, 0.25) is 0 Å². The van der Waals surface area contributed by atoms with Crippen molar-refractivity contribution in [3.63, 3.8) is 0 Å². The van der Waals surface area contributed by atoms with Gasteiger partial charge in [0, 0.05) is 18.7 Å². The number of nitrogens with zero attached hydrogens (tertiary/aromatic N) is 2. The minimum Gasteiger partial charge on any atom is -0.496 e. The van der Waals surface area contributed by atoms with E-state index in [2.05, 4.69) is 18.9 Å². The van der Waals surface area contributed by atoms with Crippen LogP contribution in [0.3, 0.4) is 0 Å². The van der Waals surface area contributed by atoms with Crippen molar-refractivity contribution in [1.29, 1.82) is 0 Å². The van der Waals surface area contributed by atoms with Crippen molar-refractivity contribution in [2.75, 3.05) is 21.3 Å². The molecule has 1 aromatic carbocycles. The molecule has 0 atom stereocenters. The topological polar surface area (TPSA) is 62.6 Å². The van der Waals surface area contributed by atoms with Crippen molar-refractivity contribution in [2.45, 2.75) is 19.8 Å². The number of carbonyl (C=O) groups excluding carboxylic acids is 1. The van der Waals surface area contributed by atoms with Gasteiger partial charge in [-0.1, -0.05) is 13.8 Å². The maximum Gasteiger partial charge on any atom is 0.358 e. The van der Waals surface area contributed by atoms with Gasteiger partial charge in [-0.15, -0.1) is 0 Å². The van der Waals surface area contributed by atoms with Gasteiger partial charge in [0.25, 0.3) is 0 Å². The van der Waals surface area contributed by atoms with Gasteiger partial charge in [-0.25, -0.2) is 4.79 Å². The van der Waals surface area contributed by atoms with E-state index in [4.69, 9.17) is 14.2 Å². The first-order valence-corrected chi connectivity index (χ1v) is 7.31. The molecule has 0 N–H and O–H groups in total. The largest absolute Gasteiger partial charge is 0.496 e. The third kappa shape index (κ3) is 3.16. The van der Waals surface area contributed by atoms with Crippen LogP contribution in [0.15, 0.2) is 18.2 Å². The van der Waals surface area contributed by atoms with Crippen LogP contribution in [-0.4, -0.2) is 37.1 Å². The number of aromatic nitrogens is 2. The number of carbonyl (C=O) groups is 1. The number of methoxy groups -OCH3 is 3. The van der Waals surface area contributed by atoms with Crippen LogP contribution in [-0.2, 0) is 11.8 Å². The number of hydrogen-bond acceptors (Lipinski definition) is 5. The minimum atomic E-state index is -0.469. The molecule has 2 aromatic rings. The lowest BCUT2D eigenvalue weighted by atomic mass is 9.97. The smallest absolute Gasteiger partial charge is 0.358 e. The summed E-state index contributed by atoms with van der Waals surface area (Å²) in [7, 11) is 6.35. The summed E-state index contributed by atoms with van der Waals surface area (Å²) < 4.78 is 17.3. The molecule has 0 saturated heterocycles. The Bertz CT molecular complexity index is 720. The molecule has 0 fully saturated rings. The van der Waals surface area contributed by atoms with Crippen molar-refractivity contribution in [3.05, 3.63) is 29.5 Å². The zero-order valence-electron chi connectivity index (χ0n) is 14.3. The molecule has 23 heavy (non-hydrogen) atoms. The van der Waals surface area contributed by atoms with Crippen LogP contribution in [0, 0.1) is 0 Å². The van der Waals surface area contributed by atoms with E-state index in [1.54, 1.807) is 32.0 Å². The average Bonchev–Trinajstić information content (AvgIpc) is 2.94. The zero-order chi connectivity index (χ0) is 17.1. The molecule has 0 amide bonds. The van der Waals surface area contributed by atoms with E-state index in [0.29, 0.717) is 5.75 Å². The molecule has 0 bridgehead atoms. The van der Waals surface area contributed by atoms with Gasteiger partial charge in [-0.2, -0.15) is 5.10 Å². The quantitative estimate of drug-likeness (QED) is 0.793. The molecule has 0 saturated carbocycles. The zero-order valence-corrected chi connectivity index (χ0v) is 14.3. The highest BCUT2D eigenvalue weighted by Gasteiger charge is 2.20. The fourth-order valence-electron chi connectivity index (χ4n) is 2.50. The second kappa shape index (κ2) is 6.73. The number of rotatable bonds is 5. The van der Waals surface area contributed by atoms with E-state index in [1.807, 2.05) is 12.1 Å². The normalized spacial score (nSPS) is 10.7. The molecule has 0 aliphatic carbocycles. The first kappa shape index (κ1) is 16.9. The maximum absolute atomic E-state index is 11.7. The van der Waals surface area contributed by atoms with Gasteiger partial charge >= 0.3 is 5.97 Å². The molecular formula is C17H22N2O4. The first-order valence-electron chi connectivity index (χ1n) is 7.31. The highest BCUT2D eigenvalue weighted by Crippen LogP contribution is 2.39. The van der Waals surface area contributed by atoms with Gasteiger partial charge in [0.2, 0.25) is 0 Å². The predicted octanol–water partition coefficient (Wildman–Crippen LogP) is 3.01. The summed E-state index contributed by atoms with van der Waals surface area (Å²) in [6, 6.07) is 5.57. The third-order valence-corrected chi connectivity index (χ3v) is 3.72. The van der Waals surface area contributed by atoms with E-state index in [-0.39, 0.29) is 11.6 Å². The Morgan fingerprint density at radius 1 is 1.09 bits per heavy atom. The van der Waals surface area contributed by atoms with Crippen LogP contribution in [0.5, 0.6) is 11.5 Å². The summed E-state index contributed by atoms with van der Waals surface area (Å²) >= 11 is 0. The second-order valence-corrected chi connectivity index (χ2v) is 5.48. The van der Waals surface area contributed by atoms with Crippen LogP contribution in [0.4, 0.5) is 0 Å². The number of esters is 1. The van der Waals surface area contributed by atoms with E-state index in [9.17, 15) is 4.79 Å². The highest BCUT2D eigenvalue weighted by molar-refractivity contribution is 5.89. The standard InChI is InChI=1S/C17H22N2O4/c1-10(2)11-7-12(16(22-5)9-15(11)21-4)14-8-13(17(20)23-6)18-19(14)3/h7-10H,1-6H3. The highest BCUT2D eigenvalue weighted by atomic mass is 16.5. The molecule has 0 aliphatic heterocycles. The Morgan fingerprint density at radius 2 is 1.74 bits per heavy atom. The first-order chi connectivity index (χ1) is 10.9. The van der Waals surface area contributed by atoms with Gasteiger partial charge in [0.1, 0.15) is 11.5 Å². The summed E-state index contributed by atoms with van der Waals surface area (Å²) in [6.07, 6.45) is 0. The molecule has 0 unspecified atom stereocenters. The second-order valence-electron chi connectivity index (χ2n) is 5.48. The van der Waals surface area contributed by atoms with Gasteiger partial charge in [0.05, 0.1) is 27.0 Å². The van der Waals surface area contributed by atoms with E-state index < -0.39 is 5.97 Å². The Kier molecular flexibility index (Phi) is 4.93. The maximum atomic E-state index is 11.7. The fourth-order valence-corrected chi connectivity index (χ4v) is 2.50. The van der Waals surface area contributed by atoms with Crippen molar-refractivity contribution in [2.24, 2.45) is 7.05 Å². The third-order valence-electron chi connectivity index (χ3n) is 3.72. The average molecular weight is 318 g/mol. The van der Waals surface area contributed by atoms with Crippen LogP contribution in [0.25, 0.3) is 11.3 Å². The summed E-state index contributed by atoms with van der Waals surface area (Å²) in [4.78, 5) is 11.7. The monoisotopic (exact) mass is 318 g/mol. The molecule has 0 spiro atoms.